The molecule has 3 heterocycles. The van der Waals surface area contributed by atoms with Crippen molar-refractivity contribution in [1.29, 1.82) is 0 Å². The number of thiazole rings is 1. The molecule has 0 radical (unpaired) electrons. The third kappa shape index (κ3) is 8.03. The van der Waals surface area contributed by atoms with Gasteiger partial charge in [-0.05, 0) is 41.5 Å². The van der Waals surface area contributed by atoms with Crippen molar-refractivity contribution in [1.82, 2.24) is 15.2 Å². The van der Waals surface area contributed by atoms with Gasteiger partial charge in [0.25, 0.3) is 11.8 Å². The zero-order chi connectivity index (χ0) is 32.4. The Kier molecular flexibility index (Phi) is 10.1. The number of oxime groups is 1. The Morgan fingerprint density at radius 2 is 1.86 bits per heavy atom. The van der Waals surface area contributed by atoms with Crippen LogP contribution in [0.5, 0.6) is 0 Å². The van der Waals surface area contributed by atoms with Gasteiger partial charge in [-0.25, -0.2) is 14.6 Å². The summed E-state index contributed by atoms with van der Waals surface area (Å²) in [5, 5.41) is 15.3. The molecule has 0 aromatic carbocycles. The van der Waals surface area contributed by atoms with E-state index in [1.807, 2.05) is 0 Å². The number of ketones is 1. The van der Waals surface area contributed by atoms with Crippen LogP contribution < -0.4 is 11.1 Å². The lowest BCUT2D eigenvalue weighted by molar-refractivity contribution is -0.179. The van der Waals surface area contributed by atoms with Crippen LogP contribution in [0.2, 0.25) is 4.34 Å². The van der Waals surface area contributed by atoms with Crippen LogP contribution >= 0.6 is 34.7 Å². The fraction of sp³-hybridized carbons (Fsp3) is 0.520. The van der Waals surface area contributed by atoms with Gasteiger partial charge >= 0.3 is 17.9 Å². The molecule has 1 aromatic heterocycles. The summed E-state index contributed by atoms with van der Waals surface area (Å²) in [5.74, 6) is -5.13. The van der Waals surface area contributed by atoms with E-state index in [1.54, 1.807) is 20.8 Å². The highest BCUT2D eigenvalue weighted by atomic mass is 35.5. The van der Waals surface area contributed by atoms with E-state index in [9.17, 15) is 33.9 Å². The molecular formula is C25H30ClN5O10S2. The molecule has 43 heavy (non-hydrogen) atoms. The van der Waals surface area contributed by atoms with Crippen molar-refractivity contribution in [3.05, 3.63) is 21.3 Å². The minimum atomic E-state index is -1.65. The minimum Gasteiger partial charge on any atom is -0.477 e. The second-order valence-corrected chi connectivity index (χ2v) is 13.6. The number of nitrogens with zero attached hydrogens (tertiary/aromatic N) is 3. The molecule has 0 unspecified atom stereocenters. The monoisotopic (exact) mass is 659 g/mol. The minimum absolute atomic E-state index is 0.00778. The van der Waals surface area contributed by atoms with E-state index < -0.39 is 76.9 Å². The number of nitrogens with two attached hydrogens (primary N) is 1. The summed E-state index contributed by atoms with van der Waals surface area (Å²) in [6.45, 7) is 8.52. The molecule has 0 aliphatic carbocycles. The summed E-state index contributed by atoms with van der Waals surface area (Å²) in [4.78, 5) is 84.5. The molecule has 18 heteroatoms. The number of carboxylic acid groups (broad SMARTS) is 1. The number of halogens is 1. The third-order valence-corrected chi connectivity index (χ3v) is 8.06. The number of carbonyl (C=O) groups excluding carboxylic acids is 5. The van der Waals surface area contributed by atoms with Gasteiger partial charge < -0.3 is 30.5 Å². The van der Waals surface area contributed by atoms with Crippen molar-refractivity contribution in [3.63, 3.8) is 0 Å². The smallest absolute Gasteiger partial charge is 0.353 e. The maximum Gasteiger partial charge on any atom is 0.353 e. The molecule has 1 aromatic rings. The van der Waals surface area contributed by atoms with Crippen molar-refractivity contribution < 1.29 is 48.2 Å². The van der Waals surface area contributed by atoms with Crippen LogP contribution in [0, 0.1) is 0 Å². The fourth-order valence-corrected chi connectivity index (χ4v) is 5.93. The summed E-state index contributed by atoms with van der Waals surface area (Å²) in [6, 6.07) is -1.19. The largest absolute Gasteiger partial charge is 0.477 e. The predicted octanol–water partition coefficient (Wildman–Crippen LogP) is 1.48. The number of ether oxygens (including phenoxy) is 2. The third-order valence-electron chi connectivity index (χ3n) is 5.63. The summed E-state index contributed by atoms with van der Waals surface area (Å²) in [7, 11) is 0. The van der Waals surface area contributed by atoms with Crippen molar-refractivity contribution in [2.45, 2.75) is 70.6 Å². The van der Waals surface area contributed by atoms with Crippen LogP contribution in [0.15, 0.2) is 16.4 Å². The van der Waals surface area contributed by atoms with Crippen molar-refractivity contribution in [2.75, 3.05) is 18.1 Å². The molecular weight excluding hydrogens is 630 g/mol. The number of amides is 2. The van der Waals surface area contributed by atoms with Crippen LogP contribution in [0.25, 0.3) is 0 Å². The molecule has 0 saturated carbocycles. The van der Waals surface area contributed by atoms with Crippen molar-refractivity contribution in [2.24, 2.45) is 5.16 Å². The number of hydrogen-bond acceptors (Lipinski definition) is 14. The maximum atomic E-state index is 13.4. The SMILES string of the molecule is CC(=O)CC(=O)OCC1=C(C(=O)O)N2C(=O)[C@@H](NC(=O)C(=NOC(C)(C)C(=O)OC(C)(C)C)c3nc(N)sc3Cl)[C@@H]2SC1. The number of aliphatic carboxylic acids is 1. The Hall–Kier alpha value is -3.70. The lowest BCUT2D eigenvalue weighted by atomic mass is 10.0. The summed E-state index contributed by atoms with van der Waals surface area (Å²) < 4.78 is 10.3. The number of hydrogen-bond donors (Lipinski definition) is 3. The number of carboxylic acids is 1. The average molecular weight is 660 g/mol. The number of anilines is 1. The van der Waals surface area contributed by atoms with Crippen LogP contribution in [-0.4, -0.2) is 91.2 Å². The van der Waals surface area contributed by atoms with Crippen LogP contribution in [0.3, 0.4) is 0 Å². The topological polar surface area (TPSA) is 217 Å². The highest BCUT2D eigenvalue weighted by molar-refractivity contribution is 8.00. The maximum absolute atomic E-state index is 13.4. The molecule has 1 saturated heterocycles. The first-order valence-electron chi connectivity index (χ1n) is 12.6. The quantitative estimate of drug-likeness (QED) is 0.101. The number of Topliss-reactive ketones (excluding diaryl/α,β-unsaturated/α-hetero) is 1. The Balaban J connectivity index is 1.83. The van der Waals surface area contributed by atoms with Gasteiger partial charge in [-0.3, -0.25) is 24.1 Å². The van der Waals surface area contributed by atoms with E-state index in [1.165, 1.54) is 20.8 Å². The molecule has 2 aliphatic heterocycles. The lowest BCUT2D eigenvalue weighted by Gasteiger charge is -2.49. The van der Waals surface area contributed by atoms with Crippen LogP contribution in [-0.2, 0) is 43.1 Å². The average Bonchev–Trinajstić information content (AvgIpc) is 3.21. The van der Waals surface area contributed by atoms with E-state index in [4.69, 9.17) is 31.6 Å². The van der Waals surface area contributed by atoms with E-state index in [0.717, 1.165) is 28.0 Å². The number of esters is 2. The van der Waals surface area contributed by atoms with Gasteiger partial charge in [-0.2, -0.15) is 0 Å². The Bertz CT molecular complexity index is 1430. The van der Waals surface area contributed by atoms with Gasteiger partial charge in [0, 0.05) is 11.3 Å². The lowest BCUT2D eigenvalue weighted by Crippen LogP contribution is -2.71. The molecule has 4 N–H and O–H groups in total. The molecule has 15 nitrogen and oxygen atoms in total. The molecule has 1 fully saturated rings. The molecule has 0 bridgehead atoms. The van der Waals surface area contributed by atoms with Crippen molar-refractivity contribution >= 4 is 81.0 Å². The van der Waals surface area contributed by atoms with Gasteiger partial charge in [0.05, 0.1) is 0 Å². The molecule has 234 valence electrons. The first-order valence-corrected chi connectivity index (χ1v) is 14.8. The standard InChI is InChI=1S/C25H30ClN5O10S2/c1-10(32)7-12(33)39-8-11-9-42-20-15(19(35)31(20)16(11)21(36)37)28-18(34)14(13-17(26)43-23(27)29-13)30-41-25(5,6)22(38)40-24(2,3)4/h15,20H,7-9H2,1-6H3,(H2,27,29)(H,28,34)(H,36,37)/t15-,20+/m1/s1. The number of thioether (sulfide) groups is 1. The molecule has 3 rings (SSSR count). The molecule has 2 amide bonds. The second-order valence-electron chi connectivity index (χ2n) is 10.9. The summed E-state index contributed by atoms with van der Waals surface area (Å²) >= 11 is 8.19. The van der Waals surface area contributed by atoms with Crippen LogP contribution in [0.1, 0.15) is 53.7 Å². The normalized spacial score (nSPS) is 18.8. The fourth-order valence-electron chi connectivity index (χ4n) is 3.68. The van der Waals surface area contributed by atoms with Gasteiger partial charge in [-0.15, -0.1) is 11.8 Å². The molecule has 2 aliphatic rings. The Morgan fingerprint density at radius 3 is 2.40 bits per heavy atom. The number of fused-ring (bicyclic) bond motifs is 1. The highest BCUT2D eigenvalue weighted by Crippen LogP contribution is 2.40. The molecule has 2 atom stereocenters. The van der Waals surface area contributed by atoms with E-state index in [2.05, 4.69) is 15.5 Å². The molecule has 0 spiro atoms. The Labute approximate surface area is 259 Å². The number of rotatable bonds is 11. The van der Waals surface area contributed by atoms with E-state index >= 15 is 0 Å². The number of nitrogen functional groups attached to an aromatic ring is 1. The highest BCUT2D eigenvalue weighted by Gasteiger charge is 2.54. The van der Waals surface area contributed by atoms with Gasteiger partial charge in [-0.1, -0.05) is 28.1 Å². The Morgan fingerprint density at radius 1 is 1.21 bits per heavy atom. The predicted molar refractivity (Wildman–Crippen MR) is 155 cm³/mol. The number of aromatic nitrogens is 1. The first-order chi connectivity index (χ1) is 19.8. The van der Waals surface area contributed by atoms with Gasteiger partial charge in [0.15, 0.2) is 10.8 Å². The number of nitrogens with one attached hydrogen (secondary N) is 1. The summed E-state index contributed by atoms with van der Waals surface area (Å²) in [6.07, 6.45) is -0.473. The zero-order valence-corrected chi connectivity index (χ0v) is 26.4. The first kappa shape index (κ1) is 33.8. The van der Waals surface area contributed by atoms with E-state index in [0.29, 0.717) is 0 Å². The summed E-state index contributed by atoms with van der Waals surface area (Å²) in [5.41, 5.74) is 2.36. The number of carbonyl (C=O) groups is 6. The van der Waals surface area contributed by atoms with E-state index in [-0.39, 0.29) is 32.2 Å². The van der Waals surface area contributed by atoms with Gasteiger partial charge in [0.2, 0.25) is 5.60 Å². The van der Waals surface area contributed by atoms with Crippen LogP contribution in [0.4, 0.5) is 5.13 Å². The van der Waals surface area contributed by atoms with Gasteiger partial charge in [0.1, 0.15) is 51.6 Å². The second kappa shape index (κ2) is 12.9. The zero-order valence-electron chi connectivity index (χ0n) is 24.0. The number of β-lactam (4-membered cyclic amide) rings is 1. The van der Waals surface area contributed by atoms with Crippen molar-refractivity contribution in [3.8, 4) is 0 Å².